The van der Waals surface area contributed by atoms with E-state index in [1.807, 2.05) is 38.1 Å². The molecular formula is C16H23N3O. The second-order valence-electron chi connectivity index (χ2n) is 5.47. The van der Waals surface area contributed by atoms with Crippen LogP contribution in [0.1, 0.15) is 30.3 Å². The third-order valence-electron chi connectivity index (χ3n) is 3.34. The zero-order chi connectivity index (χ0) is 14.7. The van der Waals surface area contributed by atoms with Crippen LogP contribution in [0, 0.1) is 6.92 Å². The monoisotopic (exact) mass is 273 g/mol. The van der Waals surface area contributed by atoms with Gasteiger partial charge in [-0.15, -0.1) is 0 Å². The van der Waals surface area contributed by atoms with Gasteiger partial charge in [0, 0.05) is 12.1 Å². The highest BCUT2D eigenvalue weighted by molar-refractivity contribution is 5.57. The molecule has 0 aliphatic heterocycles. The average molecular weight is 273 g/mol. The highest BCUT2D eigenvalue weighted by atomic mass is 16.5. The highest BCUT2D eigenvalue weighted by Gasteiger charge is 2.16. The van der Waals surface area contributed by atoms with E-state index < -0.39 is 0 Å². The van der Waals surface area contributed by atoms with Crippen LogP contribution in [-0.2, 0) is 13.0 Å². The molecule has 2 aromatic rings. The standard InChI is InChI=1S/C16H23N3O/c1-5-7-13-8-6-9-14(10-13)16-17-12(2)15(19(16)20)11-18(3)4/h6,8-10,20H,5,7,11H2,1-4H3. The van der Waals surface area contributed by atoms with E-state index in [0.717, 1.165) is 29.8 Å². The lowest BCUT2D eigenvalue weighted by atomic mass is 10.1. The van der Waals surface area contributed by atoms with Crippen LogP contribution in [0.5, 0.6) is 0 Å². The zero-order valence-electron chi connectivity index (χ0n) is 12.7. The zero-order valence-corrected chi connectivity index (χ0v) is 12.7. The maximum absolute atomic E-state index is 10.4. The SMILES string of the molecule is CCCc1cccc(-c2nc(C)c(CN(C)C)n2O)c1. The minimum absolute atomic E-state index is 0.623. The third-order valence-corrected chi connectivity index (χ3v) is 3.34. The van der Waals surface area contributed by atoms with Gasteiger partial charge in [0.15, 0.2) is 5.82 Å². The van der Waals surface area contributed by atoms with E-state index in [4.69, 9.17) is 0 Å². The van der Waals surface area contributed by atoms with Gasteiger partial charge in [-0.25, -0.2) is 4.98 Å². The predicted molar refractivity (Wildman–Crippen MR) is 81.0 cm³/mol. The second kappa shape index (κ2) is 6.09. The van der Waals surface area contributed by atoms with Gasteiger partial charge in [0.2, 0.25) is 0 Å². The molecule has 1 heterocycles. The Bertz CT molecular complexity index is 587. The molecule has 0 aliphatic carbocycles. The summed E-state index contributed by atoms with van der Waals surface area (Å²) in [6.45, 7) is 4.77. The second-order valence-corrected chi connectivity index (χ2v) is 5.47. The molecule has 20 heavy (non-hydrogen) atoms. The average Bonchev–Trinajstić information content (AvgIpc) is 2.67. The number of aryl methyl sites for hydroxylation is 2. The summed E-state index contributed by atoms with van der Waals surface area (Å²) in [7, 11) is 3.96. The van der Waals surface area contributed by atoms with E-state index in [2.05, 4.69) is 24.0 Å². The molecule has 2 rings (SSSR count). The van der Waals surface area contributed by atoms with E-state index in [-0.39, 0.29) is 0 Å². The summed E-state index contributed by atoms with van der Waals surface area (Å²) in [5, 5.41) is 10.4. The maximum atomic E-state index is 10.4. The molecular weight excluding hydrogens is 250 g/mol. The van der Waals surface area contributed by atoms with Gasteiger partial charge < -0.3 is 10.1 Å². The molecule has 1 aromatic carbocycles. The van der Waals surface area contributed by atoms with Crippen molar-refractivity contribution in [2.24, 2.45) is 0 Å². The molecule has 0 spiro atoms. The van der Waals surface area contributed by atoms with Crippen LogP contribution in [0.2, 0.25) is 0 Å². The van der Waals surface area contributed by atoms with Gasteiger partial charge >= 0.3 is 0 Å². The van der Waals surface area contributed by atoms with E-state index in [1.54, 1.807) is 0 Å². The lowest BCUT2D eigenvalue weighted by Crippen LogP contribution is -2.14. The van der Waals surface area contributed by atoms with Crippen LogP contribution in [0.4, 0.5) is 0 Å². The summed E-state index contributed by atoms with van der Waals surface area (Å²) in [5.41, 5.74) is 3.95. The number of nitrogens with zero attached hydrogens (tertiary/aromatic N) is 3. The van der Waals surface area contributed by atoms with Crippen LogP contribution in [0.25, 0.3) is 11.4 Å². The molecule has 0 amide bonds. The minimum atomic E-state index is 0.623. The summed E-state index contributed by atoms with van der Waals surface area (Å²) in [5.74, 6) is 0.623. The van der Waals surface area contributed by atoms with Crippen molar-refractivity contribution in [3.63, 3.8) is 0 Å². The Morgan fingerprint density at radius 3 is 2.70 bits per heavy atom. The predicted octanol–water partition coefficient (Wildman–Crippen LogP) is 3.11. The van der Waals surface area contributed by atoms with Crippen molar-refractivity contribution < 1.29 is 5.21 Å². The Hall–Kier alpha value is -1.81. The molecule has 0 saturated heterocycles. The Kier molecular flexibility index (Phi) is 4.45. The fourth-order valence-corrected chi connectivity index (χ4v) is 2.37. The van der Waals surface area contributed by atoms with Crippen molar-refractivity contribution in [2.45, 2.75) is 33.2 Å². The number of aromatic nitrogens is 2. The molecule has 1 aromatic heterocycles. The van der Waals surface area contributed by atoms with Crippen molar-refractivity contribution in [2.75, 3.05) is 14.1 Å². The van der Waals surface area contributed by atoms with Crippen LogP contribution in [-0.4, -0.2) is 33.9 Å². The maximum Gasteiger partial charge on any atom is 0.175 e. The normalized spacial score (nSPS) is 11.2. The fraction of sp³-hybridized carbons (Fsp3) is 0.438. The molecule has 0 unspecified atom stereocenters. The molecule has 4 nitrogen and oxygen atoms in total. The van der Waals surface area contributed by atoms with Crippen LogP contribution in [0.15, 0.2) is 24.3 Å². The third kappa shape index (κ3) is 3.02. The summed E-state index contributed by atoms with van der Waals surface area (Å²) in [4.78, 5) is 6.54. The quantitative estimate of drug-likeness (QED) is 0.851. The first kappa shape index (κ1) is 14.6. The lowest BCUT2D eigenvalue weighted by Gasteiger charge is -2.10. The van der Waals surface area contributed by atoms with Crippen LogP contribution >= 0.6 is 0 Å². The fourth-order valence-electron chi connectivity index (χ4n) is 2.37. The minimum Gasteiger partial charge on any atom is -0.427 e. The van der Waals surface area contributed by atoms with Gasteiger partial charge in [-0.1, -0.05) is 31.5 Å². The van der Waals surface area contributed by atoms with Gasteiger partial charge in [0.05, 0.1) is 11.4 Å². The Morgan fingerprint density at radius 2 is 2.05 bits per heavy atom. The van der Waals surface area contributed by atoms with E-state index in [9.17, 15) is 5.21 Å². The smallest absolute Gasteiger partial charge is 0.175 e. The van der Waals surface area contributed by atoms with Gasteiger partial charge in [0.1, 0.15) is 0 Å². The number of rotatable bonds is 5. The van der Waals surface area contributed by atoms with Crippen LogP contribution in [0.3, 0.4) is 0 Å². The number of hydrogen-bond donors (Lipinski definition) is 1. The number of imidazole rings is 1. The van der Waals surface area contributed by atoms with Crippen molar-refractivity contribution in [3.8, 4) is 11.4 Å². The molecule has 0 aliphatic rings. The van der Waals surface area contributed by atoms with Gasteiger partial charge in [0.25, 0.3) is 0 Å². The van der Waals surface area contributed by atoms with Crippen molar-refractivity contribution >= 4 is 0 Å². The summed E-state index contributed by atoms with van der Waals surface area (Å²) < 4.78 is 1.22. The van der Waals surface area contributed by atoms with Crippen molar-refractivity contribution in [3.05, 3.63) is 41.2 Å². The topological polar surface area (TPSA) is 41.3 Å². The van der Waals surface area contributed by atoms with Crippen LogP contribution < -0.4 is 0 Å². The summed E-state index contributed by atoms with van der Waals surface area (Å²) in [6, 6.07) is 8.24. The van der Waals surface area contributed by atoms with Crippen molar-refractivity contribution in [1.82, 2.24) is 14.6 Å². The van der Waals surface area contributed by atoms with Crippen molar-refractivity contribution in [1.29, 1.82) is 0 Å². The molecule has 0 saturated carbocycles. The largest absolute Gasteiger partial charge is 0.427 e. The highest BCUT2D eigenvalue weighted by Crippen LogP contribution is 2.23. The molecule has 0 fully saturated rings. The summed E-state index contributed by atoms with van der Waals surface area (Å²) in [6.07, 6.45) is 2.16. The molecule has 0 bridgehead atoms. The van der Waals surface area contributed by atoms with Gasteiger partial charge in [-0.3, -0.25) is 0 Å². The van der Waals surface area contributed by atoms with Gasteiger partial charge in [-0.05, 0) is 39.1 Å². The van der Waals surface area contributed by atoms with E-state index >= 15 is 0 Å². The van der Waals surface area contributed by atoms with E-state index in [1.165, 1.54) is 10.3 Å². The molecule has 0 radical (unpaired) electrons. The molecule has 1 N–H and O–H groups in total. The Balaban J connectivity index is 2.40. The first-order chi connectivity index (χ1) is 9.52. The summed E-state index contributed by atoms with van der Waals surface area (Å²) >= 11 is 0. The van der Waals surface area contributed by atoms with Gasteiger partial charge in [-0.2, -0.15) is 4.73 Å². The number of hydrogen-bond acceptors (Lipinski definition) is 3. The molecule has 0 atom stereocenters. The molecule has 108 valence electrons. The lowest BCUT2D eigenvalue weighted by molar-refractivity contribution is 0.172. The Labute approximate surface area is 120 Å². The number of benzene rings is 1. The first-order valence-corrected chi connectivity index (χ1v) is 7.04. The first-order valence-electron chi connectivity index (χ1n) is 7.04. The van der Waals surface area contributed by atoms with E-state index in [0.29, 0.717) is 12.4 Å². The Morgan fingerprint density at radius 1 is 1.30 bits per heavy atom. The molecule has 4 heteroatoms.